The summed E-state index contributed by atoms with van der Waals surface area (Å²) < 4.78 is 6.65. The average molecular weight is 408 g/mol. The van der Waals surface area contributed by atoms with Gasteiger partial charge in [-0.3, -0.25) is 9.59 Å². The molecule has 1 unspecified atom stereocenters. The zero-order valence-corrected chi connectivity index (χ0v) is 17.9. The van der Waals surface area contributed by atoms with Crippen LogP contribution in [-0.4, -0.2) is 22.8 Å². The number of nitrogens with zero attached hydrogens (tertiary/aromatic N) is 2. The number of rotatable bonds is 9. The van der Waals surface area contributed by atoms with Gasteiger partial charge in [-0.25, -0.2) is 4.68 Å². The summed E-state index contributed by atoms with van der Waals surface area (Å²) in [6.45, 7) is 4.64. The number of nitrogens with one attached hydrogen (secondary N) is 1. The topological polar surface area (TPSA) is 73.2 Å². The van der Waals surface area contributed by atoms with Gasteiger partial charge >= 0.3 is 0 Å². The Labute approximate surface area is 176 Å². The van der Waals surface area contributed by atoms with Gasteiger partial charge in [-0.2, -0.15) is 5.10 Å². The van der Waals surface area contributed by atoms with Crippen molar-refractivity contribution in [1.82, 2.24) is 15.1 Å². The predicted octanol–water partition coefficient (Wildman–Crippen LogP) is 4.48. The van der Waals surface area contributed by atoms with E-state index in [1.54, 1.807) is 19.2 Å². The van der Waals surface area contributed by atoms with Crippen molar-refractivity contribution in [3.63, 3.8) is 0 Å². The normalized spacial score (nSPS) is 12.0. The second-order valence-corrected chi connectivity index (χ2v) is 7.34. The Hall–Kier alpha value is -3.15. The Morgan fingerprint density at radius 1 is 1.07 bits per heavy atom. The molecule has 0 saturated carbocycles. The van der Waals surface area contributed by atoms with E-state index in [4.69, 9.17) is 4.74 Å². The summed E-state index contributed by atoms with van der Waals surface area (Å²) in [5, 5.41) is 8.64. The van der Waals surface area contributed by atoms with Crippen LogP contribution in [0.3, 0.4) is 0 Å². The van der Waals surface area contributed by atoms with Crippen molar-refractivity contribution in [2.24, 2.45) is 0 Å². The van der Waals surface area contributed by atoms with Crippen LogP contribution < -0.4 is 15.6 Å². The number of benzene rings is 2. The zero-order valence-electron chi connectivity index (χ0n) is 17.9. The van der Waals surface area contributed by atoms with Gasteiger partial charge in [0.15, 0.2) is 5.69 Å². The highest BCUT2D eigenvalue weighted by molar-refractivity contribution is 6.04. The molecule has 158 valence electrons. The number of hydrogen-bond acceptors (Lipinski definition) is 4. The van der Waals surface area contributed by atoms with Crippen LogP contribution >= 0.6 is 0 Å². The Balaban J connectivity index is 1.94. The molecular formula is C24H29N3O3. The second-order valence-electron chi connectivity index (χ2n) is 7.34. The molecule has 6 nitrogen and oxygen atoms in total. The molecule has 30 heavy (non-hydrogen) atoms. The highest BCUT2D eigenvalue weighted by Crippen LogP contribution is 2.21. The first kappa shape index (κ1) is 21.6. The summed E-state index contributed by atoms with van der Waals surface area (Å²) in [5.41, 5.74) is 1.13. The summed E-state index contributed by atoms with van der Waals surface area (Å²) in [4.78, 5) is 26.0. The number of carbonyl (C=O) groups is 1. The molecule has 1 atom stereocenters. The van der Waals surface area contributed by atoms with Crippen LogP contribution in [0.25, 0.3) is 10.8 Å². The van der Waals surface area contributed by atoms with E-state index in [1.165, 1.54) is 4.68 Å². The third-order valence-electron chi connectivity index (χ3n) is 5.29. The molecule has 0 aliphatic rings. The molecular weight excluding hydrogens is 378 g/mol. The minimum Gasteiger partial charge on any atom is -0.497 e. The second kappa shape index (κ2) is 10.1. The van der Waals surface area contributed by atoms with Crippen LogP contribution in [0.1, 0.15) is 61.6 Å². The van der Waals surface area contributed by atoms with Gasteiger partial charge in [0.2, 0.25) is 0 Å². The van der Waals surface area contributed by atoms with E-state index in [-0.39, 0.29) is 23.2 Å². The molecule has 2 aromatic carbocycles. The van der Waals surface area contributed by atoms with Crippen molar-refractivity contribution in [1.29, 1.82) is 0 Å². The van der Waals surface area contributed by atoms with Crippen LogP contribution in [0.2, 0.25) is 0 Å². The molecule has 6 heteroatoms. The number of ether oxygens (including phenoxy) is 1. The van der Waals surface area contributed by atoms with E-state index >= 15 is 0 Å². The number of fused-ring (bicyclic) bond motifs is 1. The smallest absolute Gasteiger partial charge is 0.274 e. The summed E-state index contributed by atoms with van der Waals surface area (Å²) in [6.07, 6.45) is 3.64. The molecule has 1 heterocycles. The predicted molar refractivity (Wildman–Crippen MR) is 119 cm³/mol. The fourth-order valence-corrected chi connectivity index (χ4v) is 3.55. The van der Waals surface area contributed by atoms with E-state index in [1.807, 2.05) is 43.3 Å². The molecule has 0 aliphatic carbocycles. The first-order valence-corrected chi connectivity index (χ1v) is 10.5. The summed E-state index contributed by atoms with van der Waals surface area (Å²) in [6, 6.07) is 14.7. The van der Waals surface area contributed by atoms with Gasteiger partial charge in [0.1, 0.15) is 5.75 Å². The summed E-state index contributed by atoms with van der Waals surface area (Å²) in [5.74, 6) is 0.491. The first-order valence-electron chi connectivity index (χ1n) is 10.5. The zero-order chi connectivity index (χ0) is 21.5. The number of unbranched alkanes of at least 4 members (excludes halogenated alkanes) is 2. The molecule has 0 saturated heterocycles. The van der Waals surface area contributed by atoms with Crippen molar-refractivity contribution in [3.8, 4) is 5.75 Å². The van der Waals surface area contributed by atoms with Gasteiger partial charge in [-0.1, -0.05) is 57.0 Å². The maximum absolute atomic E-state index is 13.2. The van der Waals surface area contributed by atoms with Crippen molar-refractivity contribution >= 4 is 16.7 Å². The minimum absolute atomic E-state index is 0.152. The average Bonchev–Trinajstić information content (AvgIpc) is 2.79. The Morgan fingerprint density at radius 3 is 2.40 bits per heavy atom. The molecule has 1 N–H and O–H groups in total. The summed E-state index contributed by atoms with van der Waals surface area (Å²) in [7, 11) is 1.63. The van der Waals surface area contributed by atoms with Crippen LogP contribution in [0, 0.1) is 0 Å². The first-order chi connectivity index (χ1) is 14.6. The maximum atomic E-state index is 13.2. The van der Waals surface area contributed by atoms with Crippen molar-refractivity contribution in [2.45, 2.75) is 52.1 Å². The molecule has 3 rings (SSSR count). The fraction of sp³-hybridized carbons (Fsp3) is 0.375. The molecule has 0 fully saturated rings. The highest BCUT2D eigenvalue weighted by Gasteiger charge is 2.20. The van der Waals surface area contributed by atoms with E-state index in [2.05, 4.69) is 17.3 Å². The van der Waals surface area contributed by atoms with Crippen LogP contribution in [0.15, 0.2) is 53.3 Å². The fourth-order valence-electron chi connectivity index (χ4n) is 3.55. The van der Waals surface area contributed by atoms with Gasteiger partial charge in [-0.15, -0.1) is 0 Å². The van der Waals surface area contributed by atoms with Gasteiger partial charge in [-0.05, 0) is 36.6 Å². The van der Waals surface area contributed by atoms with Gasteiger partial charge in [0.05, 0.1) is 18.5 Å². The van der Waals surface area contributed by atoms with Gasteiger partial charge in [0.25, 0.3) is 11.5 Å². The van der Waals surface area contributed by atoms with Crippen LogP contribution in [-0.2, 0) is 6.54 Å². The largest absolute Gasteiger partial charge is 0.497 e. The Morgan fingerprint density at radius 2 is 1.77 bits per heavy atom. The molecule has 0 radical (unpaired) electrons. The number of methoxy groups -OCH3 is 1. The lowest BCUT2D eigenvalue weighted by molar-refractivity contribution is 0.0930. The third-order valence-corrected chi connectivity index (χ3v) is 5.29. The number of aromatic nitrogens is 2. The molecule has 1 aromatic heterocycles. The van der Waals surface area contributed by atoms with Gasteiger partial charge < -0.3 is 10.1 Å². The van der Waals surface area contributed by atoms with E-state index in [0.29, 0.717) is 17.3 Å². The van der Waals surface area contributed by atoms with E-state index < -0.39 is 0 Å². The summed E-state index contributed by atoms with van der Waals surface area (Å²) >= 11 is 0. The standard InChI is InChI=1S/C24H29N3O3/c1-4-6-9-16-27-24(29)20-11-8-7-10-19(20)22(26-27)23(28)25-21(5-2)17-12-14-18(30-3)15-13-17/h7-8,10-15,21H,4-6,9,16H2,1-3H3,(H,25,28). The van der Waals surface area contributed by atoms with Crippen LogP contribution in [0.5, 0.6) is 5.75 Å². The number of amides is 1. The van der Waals surface area contributed by atoms with E-state index in [0.717, 1.165) is 37.0 Å². The van der Waals surface area contributed by atoms with Crippen molar-refractivity contribution < 1.29 is 9.53 Å². The molecule has 0 aliphatic heterocycles. The maximum Gasteiger partial charge on any atom is 0.274 e. The van der Waals surface area contributed by atoms with Crippen LogP contribution in [0.4, 0.5) is 0 Å². The lowest BCUT2D eigenvalue weighted by atomic mass is 10.0. The lowest BCUT2D eigenvalue weighted by Crippen LogP contribution is -2.33. The number of carbonyl (C=O) groups excluding carboxylic acids is 1. The van der Waals surface area contributed by atoms with Crippen molar-refractivity contribution in [3.05, 3.63) is 70.1 Å². The number of aryl methyl sites for hydroxylation is 1. The molecule has 3 aromatic rings. The third kappa shape index (κ3) is 4.70. The monoisotopic (exact) mass is 407 g/mol. The molecule has 0 bridgehead atoms. The molecule has 0 spiro atoms. The lowest BCUT2D eigenvalue weighted by Gasteiger charge is -2.18. The molecule has 1 amide bonds. The van der Waals surface area contributed by atoms with Gasteiger partial charge in [0, 0.05) is 11.9 Å². The Kier molecular flexibility index (Phi) is 7.22. The highest BCUT2D eigenvalue weighted by atomic mass is 16.5. The quantitative estimate of drug-likeness (QED) is 0.531. The van der Waals surface area contributed by atoms with Crippen molar-refractivity contribution in [2.75, 3.05) is 7.11 Å². The van der Waals surface area contributed by atoms with E-state index in [9.17, 15) is 9.59 Å². The number of hydrogen-bond donors (Lipinski definition) is 1. The SMILES string of the molecule is CCCCCn1nc(C(=O)NC(CC)c2ccc(OC)cc2)c2ccccc2c1=O. The Bertz CT molecular complexity index is 1060. The minimum atomic E-state index is -0.280.